The molecule has 1 heterocycles. The van der Waals surface area contributed by atoms with E-state index in [0.717, 1.165) is 12.8 Å². The van der Waals surface area contributed by atoms with E-state index in [2.05, 4.69) is 18.8 Å². The highest BCUT2D eigenvalue weighted by Gasteiger charge is 2.18. The SMILES string of the molecule is CC(C)C[C@H](N)C(=O)N(C)CCc1ccncc1. The molecule has 0 fully saturated rings. The van der Waals surface area contributed by atoms with Gasteiger partial charge in [-0.1, -0.05) is 13.8 Å². The summed E-state index contributed by atoms with van der Waals surface area (Å²) in [6.45, 7) is 4.84. The van der Waals surface area contributed by atoms with Crippen LogP contribution in [-0.4, -0.2) is 35.4 Å². The van der Waals surface area contributed by atoms with Crippen LogP contribution in [0, 0.1) is 5.92 Å². The number of hydrogen-bond donors (Lipinski definition) is 1. The van der Waals surface area contributed by atoms with Crippen LogP contribution in [0.25, 0.3) is 0 Å². The Kier molecular flexibility index (Phi) is 5.78. The molecule has 18 heavy (non-hydrogen) atoms. The maximum atomic E-state index is 12.0. The fraction of sp³-hybridized carbons (Fsp3) is 0.571. The average molecular weight is 249 g/mol. The largest absolute Gasteiger partial charge is 0.344 e. The molecule has 4 heteroatoms. The molecule has 1 amide bonds. The molecule has 0 radical (unpaired) electrons. The van der Waals surface area contributed by atoms with E-state index in [1.807, 2.05) is 19.2 Å². The summed E-state index contributed by atoms with van der Waals surface area (Å²) in [5.41, 5.74) is 7.07. The molecular formula is C14H23N3O. The Bertz CT molecular complexity index is 365. The second kappa shape index (κ2) is 7.11. The lowest BCUT2D eigenvalue weighted by Gasteiger charge is -2.22. The Morgan fingerprint density at radius 3 is 2.56 bits per heavy atom. The highest BCUT2D eigenvalue weighted by atomic mass is 16.2. The Balaban J connectivity index is 2.40. The highest BCUT2D eigenvalue weighted by Crippen LogP contribution is 2.06. The van der Waals surface area contributed by atoms with Crippen LogP contribution < -0.4 is 5.73 Å². The van der Waals surface area contributed by atoms with Gasteiger partial charge in [-0.2, -0.15) is 0 Å². The van der Waals surface area contributed by atoms with Gasteiger partial charge < -0.3 is 10.6 Å². The van der Waals surface area contributed by atoms with E-state index < -0.39 is 0 Å². The lowest BCUT2D eigenvalue weighted by molar-refractivity contribution is -0.131. The Hall–Kier alpha value is -1.42. The molecule has 0 aromatic carbocycles. The molecule has 100 valence electrons. The van der Waals surface area contributed by atoms with Gasteiger partial charge in [0.05, 0.1) is 6.04 Å². The first-order chi connectivity index (χ1) is 8.50. The van der Waals surface area contributed by atoms with Crippen molar-refractivity contribution in [2.75, 3.05) is 13.6 Å². The first-order valence-electron chi connectivity index (χ1n) is 6.40. The third kappa shape index (κ3) is 4.84. The van der Waals surface area contributed by atoms with Crippen LogP contribution in [0.4, 0.5) is 0 Å². The summed E-state index contributed by atoms with van der Waals surface area (Å²) < 4.78 is 0. The average Bonchev–Trinajstić information content (AvgIpc) is 2.35. The van der Waals surface area contributed by atoms with Crippen LogP contribution in [0.3, 0.4) is 0 Å². The molecule has 1 rings (SSSR count). The van der Waals surface area contributed by atoms with E-state index in [4.69, 9.17) is 5.73 Å². The number of likely N-dealkylation sites (N-methyl/N-ethyl adjacent to an activating group) is 1. The molecule has 0 saturated heterocycles. The van der Waals surface area contributed by atoms with Crippen LogP contribution in [0.15, 0.2) is 24.5 Å². The first-order valence-corrected chi connectivity index (χ1v) is 6.40. The van der Waals surface area contributed by atoms with E-state index in [-0.39, 0.29) is 11.9 Å². The monoisotopic (exact) mass is 249 g/mol. The fourth-order valence-corrected chi connectivity index (χ4v) is 1.85. The Labute approximate surface area is 109 Å². The van der Waals surface area contributed by atoms with Crippen molar-refractivity contribution in [2.24, 2.45) is 11.7 Å². The van der Waals surface area contributed by atoms with Gasteiger partial charge in [0, 0.05) is 26.0 Å². The molecule has 0 saturated carbocycles. The summed E-state index contributed by atoms with van der Waals surface area (Å²) in [4.78, 5) is 17.7. The van der Waals surface area contributed by atoms with Crippen molar-refractivity contribution in [1.29, 1.82) is 0 Å². The third-order valence-corrected chi connectivity index (χ3v) is 2.90. The van der Waals surface area contributed by atoms with Crippen molar-refractivity contribution < 1.29 is 4.79 Å². The van der Waals surface area contributed by atoms with Crippen LogP contribution in [-0.2, 0) is 11.2 Å². The molecule has 1 atom stereocenters. The van der Waals surface area contributed by atoms with E-state index in [0.29, 0.717) is 12.5 Å². The molecule has 2 N–H and O–H groups in total. The maximum Gasteiger partial charge on any atom is 0.239 e. The minimum absolute atomic E-state index is 0.0257. The second-order valence-corrected chi connectivity index (χ2v) is 5.10. The van der Waals surface area contributed by atoms with Crippen LogP contribution in [0.1, 0.15) is 25.8 Å². The third-order valence-electron chi connectivity index (χ3n) is 2.90. The van der Waals surface area contributed by atoms with E-state index >= 15 is 0 Å². The molecule has 0 aliphatic rings. The normalized spacial score (nSPS) is 12.5. The van der Waals surface area contributed by atoms with Gasteiger partial charge >= 0.3 is 0 Å². The predicted molar refractivity (Wildman–Crippen MR) is 73.0 cm³/mol. The summed E-state index contributed by atoms with van der Waals surface area (Å²) in [5.74, 6) is 0.468. The van der Waals surface area contributed by atoms with Crippen molar-refractivity contribution >= 4 is 5.91 Å². The van der Waals surface area contributed by atoms with Crippen molar-refractivity contribution in [2.45, 2.75) is 32.7 Å². The second-order valence-electron chi connectivity index (χ2n) is 5.10. The fourth-order valence-electron chi connectivity index (χ4n) is 1.85. The number of aromatic nitrogens is 1. The number of hydrogen-bond acceptors (Lipinski definition) is 3. The summed E-state index contributed by atoms with van der Waals surface area (Å²) >= 11 is 0. The molecule has 0 bridgehead atoms. The molecule has 0 spiro atoms. The number of amides is 1. The molecule has 0 unspecified atom stereocenters. The highest BCUT2D eigenvalue weighted by molar-refractivity contribution is 5.81. The van der Waals surface area contributed by atoms with Crippen LogP contribution in [0.5, 0.6) is 0 Å². The van der Waals surface area contributed by atoms with E-state index in [1.165, 1.54) is 5.56 Å². The van der Waals surface area contributed by atoms with Gasteiger partial charge in [-0.25, -0.2) is 0 Å². The number of carbonyl (C=O) groups excluding carboxylic acids is 1. The van der Waals surface area contributed by atoms with Crippen LogP contribution in [0.2, 0.25) is 0 Å². The maximum absolute atomic E-state index is 12.0. The Morgan fingerprint density at radius 1 is 1.39 bits per heavy atom. The van der Waals surface area contributed by atoms with Gasteiger partial charge in [-0.3, -0.25) is 9.78 Å². The first kappa shape index (κ1) is 14.6. The lowest BCUT2D eigenvalue weighted by atomic mass is 10.0. The minimum Gasteiger partial charge on any atom is -0.344 e. The number of nitrogens with zero attached hydrogens (tertiary/aromatic N) is 2. The van der Waals surface area contributed by atoms with E-state index in [9.17, 15) is 4.79 Å². The van der Waals surface area contributed by atoms with Gasteiger partial charge in [0.1, 0.15) is 0 Å². The van der Waals surface area contributed by atoms with Crippen molar-refractivity contribution in [3.05, 3.63) is 30.1 Å². The quantitative estimate of drug-likeness (QED) is 0.830. The van der Waals surface area contributed by atoms with Gasteiger partial charge in [-0.15, -0.1) is 0 Å². The van der Waals surface area contributed by atoms with Gasteiger partial charge in [0.25, 0.3) is 0 Å². The molecule has 1 aromatic heterocycles. The number of rotatable bonds is 6. The number of nitrogens with two attached hydrogens (primary N) is 1. The van der Waals surface area contributed by atoms with Crippen molar-refractivity contribution in [1.82, 2.24) is 9.88 Å². The topological polar surface area (TPSA) is 59.2 Å². The molecule has 0 aliphatic carbocycles. The molecule has 4 nitrogen and oxygen atoms in total. The lowest BCUT2D eigenvalue weighted by Crippen LogP contribution is -2.43. The summed E-state index contributed by atoms with van der Waals surface area (Å²) in [6.07, 6.45) is 5.10. The van der Waals surface area contributed by atoms with Gasteiger partial charge in [0.2, 0.25) is 5.91 Å². The van der Waals surface area contributed by atoms with Gasteiger partial charge in [0.15, 0.2) is 0 Å². The minimum atomic E-state index is -0.382. The van der Waals surface area contributed by atoms with Gasteiger partial charge in [-0.05, 0) is 36.5 Å². The molecule has 0 aliphatic heterocycles. The standard InChI is InChI=1S/C14H23N3O/c1-11(2)10-13(15)14(18)17(3)9-6-12-4-7-16-8-5-12/h4-5,7-8,11,13H,6,9-10,15H2,1-3H3/t13-/m0/s1. The summed E-state index contributed by atoms with van der Waals surface area (Å²) in [6, 6.07) is 3.55. The zero-order valence-corrected chi connectivity index (χ0v) is 11.5. The van der Waals surface area contributed by atoms with Crippen molar-refractivity contribution in [3.8, 4) is 0 Å². The Morgan fingerprint density at radius 2 is 2.00 bits per heavy atom. The van der Waals surface area contributed by atoms with Crippen molar-refractivity contribution in [3.63, 3.8) is 0 Å². The summed E-state index contributed by atoms with van der Waals surface area (Å²) in [7, 11) is 1.81. The molecule has 1 aromatic rings. The zero-order chi connectivity index (χ0) is 13.5. The molecular weight excluding hydrogens is 226 g/mol. The zero-order valence-electron chi connectivity index (χ0n) is 11.5. The van der Waals surface area contributed by atoms with E-state index in [1.54, 1.807) is 17.3 Å². The smallest absolute Gasteiger partial charge is 0.239 e. The number of pyridine rings is 1. The number of carbonyl (C=O) groups is 1. The van der Waals surface area contributed by atoms with Crippen LogP contribution >= 0.6 is 0 Å². The summed E-state index contributed by atoms with van der Waals surface area (Å²) in [5, 5.41) is 0. The predicted octanol–water partition coefficient (Wildman–Crippen LogP) is 1.46.